The summed E-state index contributed by atoms with van der Waals surface area (Å²) < 4.78 is 10.7. The van der Waals surface area contributed by atoms with Crippen LogP contribution in [0.5, 0.6) is 5.75 Å². The van der Waals surface area contributed by atoms with Gasteiger partial charge in [0.1, 0.15) is 11.5 Å². The Hall–Kier alpha value is -1.16. The second-order valence-electron chi connectivity index (χ2n) is 3.66. The zero-order valence-electron chi connectivity index (χ0n) is 9.87. The van der Waals surface area contributed by atoms with Crippen LogP contribution in [-0.2, 0) is 6.54 Å². The van der Waals surface area contributed by atoms with E-state index in [0.717, 1.165) is 11.1 Å². The molecular formula is C13H13Cl2NO2. The third-order valence-electron chi connectivity index (χ3n) is 2.54. The lowest BCUT2D eigenvalue weighted by Gasteiger charge is -2.10. The van der Waals surface area contributed by atoms with Crippen LogP contribution in [0.2, 0.25) is 10.0 Å². The molecule has 2 rings (SSSR count). The summed E-state index contributed by atoms with van der Waals surface area (Å²) in [6, 6.07) is 5.29. The van der Waals surface area contributed by atoms with Crippen LogP contribution in [0.3, 0.4) is 0 Å². The van der Waals surface area contributed by atoms with Crippen molar-refractivity contribution >= 4 is 23.2 Å². The molecule has 0 radical (unpaired) electrons. The number of furan rings is 1. The molecule has 0 aliphatic carbocycles. The van der Waals surface area contributed by atoms with Crippen LogP contribution in [-0.4, -0.2) is 6.61 Å². The van der Waals surface area contributed by atoms with Crippen molar-refractivity contribution in [2.75, 3.05) is 6.61 Å². The molecule has 0 aliphatic heterocycles. The molecule has 0 unspecified atom stereocenters. The third kappa shape index (κ3) is 2.48. The molecule has 96 valence electrons. The predicted molar refractivity (Wildman–Crippen MR) is 73.2 cm³/mol. The van der Waals surface area contributed by atoms with E-state index in [1.165, 1.54) is 0 Å². The first-order valence-electron chi connectivity index (χ1n) is 5.56. The Morgan fingerprint density at radius 2 is 2.00 bits per heavy atom. The van der Waals surface area contributed by atoms with Crippen molar-refractivity contribution in [3.05, 3.63) is 40.3 Å². The highest BCUT2D eigenvalue weighted by atomic mass is 35.5. The lowest BCUT2D eigenvalue weighted by molar-refractivity contribution is 0.340. The molecule has 1 aromatic carbocycles. The molecule has 0 spiro atoms. The number of halogens is 2. The molecule has 5 heteroatoms. The van der Waals surface area contributed by atoms with E-state index in [9.17, 15) is 0 Å². The molecule has 0 atom stereocenters. The van der Waals surface area contributed by atoms with Gasteiger partial charge in [0.2, 0.25) is 0 Å². The van der Waals surface area contributed by atoms with Crippen molar-refractivity contribution in [3.8, 4) is 16.9 Å². The zero-order chi connectivity index (χ0) is 13.1. The fourth-order valence-corrected chi connectivity index (χ4v) is 2.21. The molecule has 3 nitrogen and oxygen atoms in total. The second-order valence-corrected chi connectivity index (χ2v) is 4.47. The number of ether oxygens (including phenoxy) is 1. The average molecular weight is 286 g/mol. The average Bonchev–Trinajstić information content (AvgIpc) is 2.81. The quantitative estimate of drug-likeness (QED) is 0.920. The van der Waals surface area contributed by atoms with E-state index in [-0.39, 0.29) is 0 Å². The highest BCUT2D eigenvalue weighted by molar-refractivity contribution is 6.36. The minimum Gasteiger partial charge on any atom is -0.492 e. The van der Waals surface area contributed by atoms with Crippen LogP contribution >= 0.6 is 23.2 Å². The van der Waals surface area contributed by atoms with Gasteiger partial charge in [0.15, 0.2) is 0 Å². The maximum absolute atomic E-state index is 6.24. The van der Waals surface area contributed by atoms with Crippen molar-refractivity contribution in [2.24, 2.45) is 5.73 Å². The first-order valence-corrected chi connectivity index (χ1v) is 6.31. The molecule has 18 heavy (non-hydrogen) atoms. The molecule has 0 saturated heterocycles. The molecule has 0 fully saturated rings. The molecular weight excluding hydrogens is 273 g/mol. The lowest BCUT2D eigenvalue weighted by Crippen LogP contribution is -1.97. The summed E-state index contributed by atoms with van der Waals surface area (Å²) >= 11 is 12.4. The Morgan fingerprint density at radius 3 is 2.67 bits per heavy atom. The minimum absolute atomic E-state index is 0.309. The molecule has 1 aromatic heterocycles. The number of hydrogen-bond acceptors (Lipinski definition) is 3. The fraction of sp³-hybridized carbons (Fsp3) is 0.231. The number of hydrogen-bond donors (Lipinski definition) is 1. The molecule has 0 bridgehead atoms. The van der Waals surface area contributed by atoms with Crippen LogP contribution in [0.1, 0.15) is 12.7 Å². The van der Waals surface area contributed by atoms with Gasteiger partial charge in [-0.1, -0.05) is 23.2 Å². The van der Waals surface area contributed by atoms with Gasteiger partial charge in [-0.25, -0.2) is 0 Å². The Morgan fingerprint density at radius 1 is 1.22 bits per heavy atom. The van der Waals surface area contributed by atoms with Gasteiger partial charge in [-0.05, 0) is 19.1 Å². The van der Waals surface area contributed by atoms with E-state index in [4.69, 9.17) is 38.1 Å². The van der Waals surface area contributed by atoms with Crippen molar-refractivity contribution in [1.82, 2.24) is 0 Å². The SMILES string of the molecule is CCOc1cc(Cl)c(-c2ccoc2CN)cc1Cl. The van der Waals surface area contributed by atoms with E-state index in [1.54, 1.807) is 18.4 Å². The predicted octanol–water partition coefficient (Wildman–Crippen LogP) is 4.11. The zero-order valence-corrected chi connectivity index (χ0v) is 11.4. The second kappa shape index (κ2) is 5.65. The van der Waals surface area contributed by atoms with Gasteiger partial charge in [0, 0.05) is 17.2 Å². The number of benzene rings is 1. The Labute approximate surface area is 115 Å². The highest BCUT2D eigenvalue weighted by Gasteiger charge is 2.14. The van der Waals surface area contributed by atoms with Crippen molar-refractivity contribution < 1.29 is 9.15 Å². The number of nitrogens with two attached hydrogens (primary N) is 1. The fourth-order valence-electron chi connectivity index (χ4n) is 1.74. The summed E-state index contributed by atoms with van der Waals surface area (Å²) in [5.41, 5.74) is 7.25. The summed E-state index contributed by atoms with van der Waals surface area (Å²) in [6.07, 6.45) is 1.58. The molecule has 2 N–H and O–H groups in total. The first-order chi connectivity index (χ1) is 8.67. The van der Waals surface area contributed by atoms with Crippen molar-refractivity contribution in [2.45, 2.75) is 13.5 Å². The summed E-state index contributed by atoms with van der Waals surface area (Å²) in [4.78, 5) is 0. The van der Waals surface area contributed by atoms with Crippen molar-refractivity contribution in [1.29, 1.82) is 0 Å². The van der Waals surface area contributed by atoms with Gasteiger partial charge in [-0.3, -0.25) is 0 Å². The minimum atomic E-state index is 0.309. The first kappa shape index (κ1) is 13.3. The summed E-state index contributed by atoms with van der Waals surface area (Å²) in [5, 5.41) is 1.07. The van der Waals surface area contributed by atoms with E-state index >= 15 is 0 Å². The number of rotatable bonds is 4. The van der Waals surface area contributed by atoms with Crippen LogP contribution < -0.4 is 10.5 Å². The van der Waals surface area contributed by atoms with Crippen molar-refractivity contribution in [3.63, 3.8) is 0 Å². The van der Waals surface area contributed by atoms with Crippen LogP contribution in [0.15, 0.2) is 28.9 Å². The molecule has 0 aliphatic rings. The standard InChI is InChI=1S/C13H13Cl2NO2/c1-2-17-12-6-10(14)9(5-11(12)15)8-3-4-18-13(8)7-16/h3-6H,2,7,16H2,1H3. The maximum atomic E-state index is 6.24. The van der Waals surface area contributed by atoms with Crippen LogP contribution in [0, 0.1) is 0 Å². The molecule has 2 aromatic rings. The van der Waals surface area contributed by atoms with E-state index in [1.807, 2.05) is 13.0 Å². The van der Waals surface area contributed by atoms with Crippen LogP contribution in [0.25, 0.3) is 11.1 Å². The van der Waals surface area contributed by atoms with Gasteiger partial charge in [-0.2, -0.15) is 0 Å². The van der Waals surface area contributed by atoms with Gasteiger partial charge in [0.25, 0.3) is 0 Å². The third-order valence-corrected chi connectivity index (χ3v) is 3.15. The van der Waals surface area contributed by atoms with Gasteiger partial charge in [0.05, 0.1) is 29.5 Å². The van der Waals surface area contributed by atoms with E-state index < -0.39 is 0 Å². The van der Waals surface area contributed by atoms with Gasteiger partial charge in [-0.15, -0.1) is 0 Å². The Bertz CT molecular complexity index is 552. The summed E-state index contributed by atoms with van der Waals surface area (Å²) in [5.74, 6) is 1.25. The molecule has 0 amide bonds. The van der Waals surface area contributed by atoms with Gasteiger partial charge < -0.3 is 14.9 Å². The highest BCUT2D eigenvalue weighted by Crippen LogP contribution is 2.38. The molecule has 0 saturated carbocycles. The van der Waals surface area contributed by atoms with Crippen LogP contribution in [0.4, 0.5) is 0 Å². The van der Waals surface area contributed by atoms with E-state index in [0.29, 0.717) is 34.7 Å². The maximum Gasteiger partial charge on any atom is 0.139 e. The lowest BCUT2D eigenvalue weighted by atomic mass is 10.1. The monoisotopic (exact) mass is 285 g/mol. The normalized spacial score (nSPS) is 10.7. The topological polar surface area (TPSA) is 48.4 Å². The molecule has 1 heterocycles. The van der Waals surface area contributed by atoms with Gasteiger partial charge >= 0.3 is 0 Å². The smallest absolute Gasteiger partial charge is 0.139 e. The largest absolute Gasteiger partial charge is 0.492 e. The summed E-state index contributed by atoms with van der Waals surface area (Å²) in [6.45, 7) is 2.74. The Balaban J connectivity index is 2.49. The summed E-state index contributed by atoms with van der Waals surface area (Å²) in [7, 11) is 0. The van der Waals surface area contributed by atoms with E-state index in [2.05, 4.69) is 0 Å². The Kier molecular flexibility index (Phi) is 4.17.